The lowest BCUT2D eigenvalue weighted by Gasteiger charge is -2.46. The smallest absolute Gasteiger partial charge is 0.0857 e. The average Bonchev–Trinajstić information content (AvgIpc) is 3.19. The van der Waals surface area contributed by atoms with Crippen LogP contribution in [0.25, 0.3) is 55.3 Å². The zero-order chi connectivity index (χ0) is 32.5. The van der Waals surface area contributed by atoms with Gasteiger partial charge in [-0.05, 0) is 79.5 Å². The number of para-hydroxylation sites is 3. The Morgan fingerprint density at radius 2 is 0.660 bits per heavy atom. The lowest BCUT2D eigenvalue weighted by molar-refractivity contribution is 0.802. The molecule has 2 heteroatoms. The van der Waals surface area contributed by atoms with Crippen molar-refractivity contribution in [1.29, 1.82) is 0 Å². The normalized spacial score (nSPS) is 16.7. The van der Waals surface area contributed by atoms with Crippen molar-refractivity contribution in [3.8, 4) is 44.5 Å². The van der Waals surface area contributed by atoms with Gasteiger partial charge in [-0.1, -0.05) is 146 Å². The molecule has 0 amide bonds. The third-order valence-corrected chi connectivity index (χ3v) is 11.7. The van der Waals surface area contributed by atoms with E-state index in [-0.39, 0.29) is 12.1 Å². The molecule has 0 aliphatic carbocycles. The van der Waals surface area contributed by atoms with Gasteiger partial charge in [-0.2, -0.15) is 0 Å². The highest BCUT2D eigenvalue weighted by molar-refractivity contribution is 6.15. The minimum absolute atomic E-state index is 0.0774. The van der Waals surface area contributed by atoms with Crippen LogP contribution in [0.15, 0.2) is 170 Å². The molecule has 12 rings (SSSR count). The number of nitrogens with zero attached hydrogens (tertiary/aromatic N) is 2. The molecule has 0 saturated carbocycles. The van der Waals surface area contributed by atoms with E-state index in [4.69, 9.17) is 0 Å². The van der Waals surface area contributed by atoms with Gasteiger partial charge < -0.3 is 9.80 Å². The quantitative estimate of drug-likeness (QED) is 0.164. The van der Waals surface area contributed by atoms with Crippen molar-refractivity contribution in [3.63, 3.8) is 0 Å². The predicted molar refractivity (Wildman–Crippen MR) is 207 cm³/mol. The van der Waals surface area contributed by atoms with Crippen LogP contribution in [0.3, 0.4) is 0 Å². The van der Waals surface area contributed by atoms with Crippen LogP contribution in [0.2, 0.25) is 0 Å². The highest BCUT2D eigenvalue weighted by Crippen LogP contribution is 2.61. The van der Waals surface area contributed by atoms with Crippen LogP contribution in [0.1, 0.15) is 34.3 Å². The fourth-order valence-corrected chi connectivity index (χ4v) is 9.77. The fourth-order valence-electron chi connectivity index (χ4n) is 9.77. The van der Waals surface area contributed by atoms with Crippen molar-refractivity contribution < 1.29 is 0 Å². The van der Waals surface area contributed by atoms with E-state index in [0.29, 0.717) is 0 Å². The Kier molecular flexibility index (Phi) is 5.11. The number of fused-ring (bicyclic) bond motifs is 25. The van der Waals surface area contributed by atoms with E-state index in [1.54, 1.807) is 0 Å². The summed E-state index contributed by atoms with van der Waals surface area (Å²) in [5.41, 5.74) is 21.0. The van der Waals surface area contributed by atoms with Crippen molar-refractivity contribution in [1.82, 2.24) is 0 Å². The van der Waals surface area contributed by atoms with Crippen LogP contribution >= 0.6 is 0 Å². The van der Waals surface area contributed by atoms with Crippen LogP contribution in [0, 0.1) is 0 Å². The Labute approximate surface area is 291 Å². The van der Waals surface area contributed by atoms with E-state index < -0.39 is 0 Å². The summed E-state index contributed by atoms with van der Waals surface area (Å²) in [6.07, 6.45) is 0. The summed E-state index contributed by atoms with van der Waals surface area (Å²) in [5.74, 6) is 0. The molecule has 0 N–H and O–H groups in total. The van der Waals surface area contributed by atoms with Gasteiger partial charge in [0, 0.05) is 39.3 Å². The van der Waals surface area contributed by atoms with Gasteiger partial charge in [-0.15, -0.1) is 0 Å². The number of hydrogen-bond donors (Lipinski definition) is 0. The molecule has 4 aliphatic heterocycles. The highest BCUT2D eigenvalue weighted by Gasteiger charge is 2.42. The van der Waals surface area contributed by atoms with Crippen LogP contribution < -0.4 is 9.80 Å². The molecule has 0 saturated heterocycles. The first-order valence-electron chi connectivity index (χ1n) is 17.6. The van der Waals surface area contributed by atoms with Crippen molar-refractivity contribution in [2.24, 2.45) is 0 Å². The number of benzene rings is 8. The maximum atomic E-state index is 2.61. The van der Waals surface area contributed by atoms with Gasteiger partial charge in [0.25, 0.3) is 0 Å². The second-order valence-corrected chi connectivity index (χ2v) is 13.9. The molecule has 4 aliphatic rings. The Morgan fingerprint density at radius 3 is 1.28 bits per heavy atom. The van der Waals surface area contributed by atoms with Crippen LogP contribution in [-0.4, -0.2) is 0 Å². The number of anilines is 4. The fraction of sp³-hybridized carbons (Fsp3) is 0.0417. The summed E-state index contributed by atoms with van der Waals surface area (Å²) in [6.45, 7) is 0. The molecule has 2 atom stereocenters. The van der Waals surface area contributed by atoms with Gasteiger partial charge in [0.1, 0.15) is 0 Å². The maximum Gasteiger partial charge on any atom is 0.0857 e. The zero-order valence-corrected chi connectivity index (χ0v) is 27.2. The first-order chi connectivity index (χ1) is 24.9. The molecule has 232 valence electrons. The second kappa shape index (κ2) is 9.62. The maximum absolute atomic E-state index is 2.61. The molecule has 8 aromatic rings. The van der Waals surface area contributed by atoms with Crippen molar-refractivity contribution in [2.75, 3.05) is 9.80 Å². The molecule has 4 heterocycles. The Morgan fingerprint density at radius 1 is 0.260 bits per heavy atom. The zero-order valence-electron chi connectivity index (χ0n) is 27.2. The third kappa shape index (κ3) is 3.24. The largest absolute Gasteiger partial charge is 0.329 e. The van der Waals surface area contributed by atoms with Crippen LogP contribution in [0.4, 0.5) is 22.7 Å². The first-order valence-corrected chi connectivity index (χ1v) is 17.6. The highest BCUT2D eigenvalue weighted by atomic mass is 15.2. The van der Waals surface area contributed by atoms with E-state index in [2.05, 4.69) is 180 Å². The summed E-state index contributed by atoms with van der Waals surface area (Å²) >= 11 is 0. The van der Waals surface area contributed by atoms with Gasteiger partial charge in [-0.25, -0.2) is 0 Å². The third-order valence-electron chi connectivity index (χ3n) is 11.7. The van der Waals surface area contributed by atoms with Crippen molar-refractivity contribution in [2.45, 2.75) is 12.1 Å². The van der Waals surface area contributed by atoms with E-state index in [9.17, 15) is 0 Å². The molecular formula is C48H30N2. The van der Waals surface area contributed by atoms with Crippen molar-refractivity contribution >= 4 is 33.5 Å². The molecule has 0 aromatic heterocycles. The standard InChI is InChI=1S/C48H30N2/c1-4-18-36-29(13-1)32-16-8-11-23-42(32)50-44-28-27-34-35(46(44)33-17-3-6-20-38(33)47(36)50)25-26-40-45(34)39-21-9-12-24-43(39)49-41-22-10-7-15-31(41)30-14-2-5-19-37(30)48(40)49/h1-28,47-48H. The second-order valence-electron chi connectivity index (χ2n) is 13.9. The van der Waals surface area contributed by atoms with Crippen LogP contribution in [-0.2, 0) is 0 Å². The summed E-state index contributed by atoms with van der Waals surface area (Å²) in [4.78, 5) is 5.19. The summed E-state index contributed by atoms with van der Waals surface area (Å²) in [6, 6.07) is 63.8. The van der Waals surface area contributed by atoms with Gasteiger partial charge in [0.05, 0.1) is 17.8 Å². The summed E-state index contributed by atoms with van der Waals surface area (Å²) in [5, 5.41) is 2.61. The van der Waals surface area contributed by atoms with E-state index in [1.807, 2.05) is 0 Å². The molecule has 0 spiro atoms. The lowest BCUT2D eigenvalue weighted by atomic mass is 9.75. The van der Waals surface area contributed by atoms with Gasteiger partial charge in [0.2, 0.25) is 0 Å². The predicted octanol–water partition coefficient (Wildman–Crippen LogP) is 12.6. The lowest BCUT2D eigenvalue weighted by Crippen LogP contribution is -2.33. The molecule has 0 radical (unpaired) electrons. The van der Waals surface area contributed by atoms with E-state index in [0.717, 1.165) is 0 Å². The molecule has 50 heavy (non-hydrogen) atoms. The summed E-state index contributed by atoms with van der Waals surface area (Å²) < 4.78 is 0. The first kappa shape index (κ1) is 26.6. The Bertz CT molecular complexity index is 2570. The molecule has 8 aromatic carbocycles. The number of rotatable bonds is 0. The van der Waals surface area contributed by atoms with E-state index >= 15 is 0 Å². The molecule has 2 unspecified atom stereocenters. The topological polar surface area (TPSA) is 6.48 Å². The minimum Gasteiger partial charge on any atom is -0.329 e. The molecular weight excluding hydrogens is 605 g/mol. The SMILES string of the molecule is c1ccc2c(c1)-c1ccccc1N1c3ccccc3-c3c(ccc4c5c(ccc34)N3c4ccccc4-c4ccccc4C3c3ccccc3-5)C21. The summed E-state index contributed by atoms with van der Waals surface area (Å²) in [7, 11) is 0. The van der Waals surface area contributed by atoms with Crippen LogP contribution in [0.5, 0.6) is 0 Å². The molecule has 0 fully saturated rings. The van der Waals surface area contributed by atoms with Gasteiger partial charge in [0.15, 0.2) is 0 Å². The van der Waals surface area contributed by atoms with Crippen molar-refractivity contribution in [3.05, 3.63) is 192 Å². The molecule has 0 bridgehead atoms. The number of hydrogen-bond acceptors (Lipinski definition) is 2. The molecule has 2 nitrogen and oxygen atoms in total. The minimum atomic E-state index is 0.0774. The van der Waals surface area contributed by atoms with E-state index in [1.165, 1.54) is 100 Å². The van der Waals surface area contributed by atoms with Gasteiger partial charge >= 0.3 is 0 Å². The van der Waals surface area contributed by atoms with Gasteiger partial charge in [-0.3, -0.25) is 0 Å². The monoisotopic (exact) mass is 634 g/mol. The Balaban J connectivity index is 1.17. The Hall–Kier alpha value is -6.38. The average molecular weight is 635 g/mol.